The van der Waals surface area contributed by atoms with E-state index in [1.807, 2.05) is 6.07 Å². The molecule has 0 aliphatic carbocycles. The summed E-state index contributed by atoms with van der Waals surface area (Å²) in [6.45, 7) is 0.242. The van der Waals surface area contributed by atoms with Gasteiger partial charge in [-0.2, -0.15) is 13.2 Å². The lowest BCUT2D eigenvalue weighted by molar-refractivity contribution is -0.136. The van der Waals surface area contributed by atoms with E-state index in [-0.39, 0.29) is 22.3 Å². The fourth-order valence-corrected chi connectivity index (χ4v) is 5.54. The van der Waals surface area contributed by atoms with Crippen LogP contribution in [0.5, 0.6) is 0 Å². The topological polar surface area (TPSA) is 64.0 Å². The number of hydrogen-bond acceptors (Lipinski definition) is 3. The molecule has 1 N–H and O–H groups in total. The molecule has 0 spiro atoms. The third-order valence-electron chi connectivity index (χ3n) is 4.73. The Hall–Kier alpha value is -2.82. The van der Waals surface area contributed by atoms with Crippen LogP contribution in [0.1, 0.15) is 11.3 Å². The standard InChI is InChI=1S/C22H18F3N3O2S2/c23-22(24,25)18-10-6-11-19-21(18)20(15-28(19)32(30)17-8-2-1-3-9-17)31(29)27-14-12-16-7-4-5-13-26-16/h1-11,13,15,27H,12,14H2. The molecule has 2 aromatic carbocycles. The second-order valence-corrected chi connectivity index (χ2v) is 9.44. The Morgan fingerprint density at radius 1 is 0.938 bits per heavy atom. The van der Waals surface area contributed by atoms with Crippen LogP contribution in [-0.2, 0) is 34.6 Å². The molecule has 0 radical (unpaired) electrons. The molecule has 0 aliphatic heterocycles. The monoisotopic (exact) mass is 477 g/mol. The van der Waals surface area contributed by atoms with Gasteiger partial charge in [-0.25, -0.2) is 13.1 Å². The van der Waals surface area contributed by atoms with E-state index in [2.05, 4.69) is 9.71 Å². The second-order valence-electron chi connectivity index (χ2n) is 6.81. The molecule has 5 nitrogen and oxygen atoms in total. The molecule has 4 rings (SSSR count). The van der Waals surface area contributed by atoms with Crippen LogP contribution in [0, 0.1) is 0 Å². The molecule has 32 heavy (non-hydrogen) atoms. The molecule has 0 aliphatic rings. The van der Waals surface area contributed by atoms with Crippen molar-refractivity contribution in [1.82, 2.24) is 13.7 Å². The number of aromatic nitrogens is 2. The minimum Gasteiger partial charge on any atom is -0.261 e. The predicted molar refractivity (Wildman–Crippen MR) is 118 cm³/mol. The lowest BCUT2D eigenvalue weighted by Crippen LogP contribution is -2.21. The van der Waals surface area contributed by atoms with Crippen molar-refractivity contribution in [2.75, 3.05) is 6.54 Å². The third-order valence-corrected chi connectivity index (χ3v) is 7.24. The Morgan fingerprint density at radius 2 is 1.69 bits per heavy atom. The fourth-order valence-electron chi connectivity index (χ4n) is 3.28. The van der Waals surface area contributed by atoms with Crippen LogP contribution in [-0.4, -0.2) is 23.9 Å². The number of pyridine rings is 1. The summed E-state index contributed by atoms with van der Waals surface area (Å²) >= 11 is 0. The number of benzene rings is 2. The summed E-state index contributed by atoms with van der Waals surface area (Å²) in [5.41, 5.74) is -0.0637. The minimum atomic E-state index is -4.66. The summed E-state index contributed by atoms with van der Waals surface area (Å²) in [5, 5.41) is -0.229. The maximum Gasteiger partial charge on any atom is 0.417 e. The van der Waals surface area contributed by atoms with E-state index >= 15 is 0 Å². The Kier molecular flexibility index (Phi) is 6.54. The van der Waals surface area contributed by atoms with E-state index in [1.54, 1.807) is 48.7 Å². The number of fused-ring (bicyclic) bond motifs is 1. The Labute approximate surface area is 187 Å². The predicted octanol–water partition coefficient (Wildman–Crippen LogP) is 4.48. The van der Waals surface area contributed by atoms with Gasteiger partial charge in [-0.1, -0.05) is 30.3 Å². The van der Waals surface area contributed by atoms with Crippen LogP contribution in [0.4, 0.5) is 13.2 Å². The Balaban J connectivity index is 1.73. The number of halogens is 3. The maximum absolute atomic E-state index is 13.8. The number of nitrogens with one attached hydrogen (secondary N) is 1. The van der Waals surface area contributed by atoms with Gasteiger partial charge in [-0.3, -0.25) is 8.96 Å². The summed E-state index contributed by atoms with van der Waals surface area (Å²) in [5.74, 6) is 0. The number of nitrogens with zero attached hydrogens (tertiary/aromatic N) is 2. The highest BCUT2D eigenvalue weighted by Crippen LogP contribution is 2.38. The highest BCUT2D eigenvalue weighted by atomic mass is 32.2. The van der Waals surface area contributed by atoms with Crippen LogP contribution in [0.15, 0.2) is 88.9 Å². The van der Waals surface area contributed by atoms with Crippen molar-refractivity contribution in [3.05, 3.63) is 90.4 Å². The molecule has 0 bridgehead atoms. The van der Waals surface area contributed by atoms with E-state index in [0.717, 1.165) is 11.8 Å². The molecule has 4 aromatic rings. The average Bonchev–Trinajstić information content (AvgIpc) is 3.19. The highest BCUT2D eigenvalue weighted by Gasteiger charge is 2.35. The molecule has 0 saturated heterocycles. The smallest absolute Gasteiger partial charge is 0.261 e. The van der Waals surface area contributed by atoms with Crippen molar-refractivity contribution in [2.24, 2.45) is 0 Å². The molecule has 2 heterocycles. The summed E-state index contributed by atoms with van der Waals surface area (Å²) < 4.78 is 71.4. The van der Waals surface area contributed by atoms with Crippen LogP contribution < -0.4 is 4.72 Å². The summed E-state index contributed by atoms with van der Waals surface area (Å²) in [6.07, 6.45) is -1.30. The Bertz CT molecular complexity index is 1280. The van der Waals surface area contributed by atoms with E-state index in [4.69, 9.17) is 0 Å². The van der Waals surface area contributed by atoms with E-state index in [1.165, 1.54) is 22.3 Å². The first-order valence-electron chi connectivity index (χ1n) is 9.60. The second kappa shape index (κ2) is 9.35. The van der Waals surface area contributed by atoms with E-state index in [0.29, 0.717) is 11.3 Å². The first kappa shape index (κ1) is 22.4. The third kappa shape index (κ3) is 4.67. The van der Waals surface area contributed by atoms with Gasteiger partial charge < -0.3 is 0 Å². The van der Waals surface area contributed by atoms with Gasteiger partial charge in [0.25, 0.3) is 0 Å². The largest absolute Gasteiger partial charge is 0.417 e. The molecule has 2 unspecified atom stereocenters. The van der Waals surface area contributed by atoms with Gasteiger partial charge in [-0.15, -0.1) is 0 Å². The van der Waals surface area contributed by atoms with Gasteiger partial charge in [0.05, 0.1) is 20.9 Å². The van der Waals surface area contributed by atoms with Crippen molar-refractivity contribution >= 4 is 32.9 Å². The lowest BCUT2D eigenvalue weighted by Gasteiger charge is -2.10. The van der Waals surface area contributed by atoms with E-state index in [9.17, 15) is 21.6 Å². The number of rotatable bonds is 7. The molecule has 0 saturated carbocycles. The molecular formula is C22H18F3N3O2S2. The highest BCUT2D eigenvalue weighted by molar-refractivity contribution is 7.84. The SMILES string of the molecule is O=S(NCCc1ccccn1)c1cn(S(=O)c2ccccc2)c2cccc(C(F)(F)F)c12. The summed E-state index contributed by atoms with van der Waals surface area (Å²) in [4.78, 5) is 4.52. The zero-order valence-electron chi connectivity index (χ0n) is 16.6. The summed E-state index contributed by atoms with van der Waals surface area (Å²) in [6, 6.07) is 17.4. The van der Waals surface area contributed by atoms with Gasteiger partial charge in [0.15, 0.2) is 11.0 Å². The first-order chi connectivity index (χ1) is 15.4. The zero-order valence-corrected chi connectivity index (χ0v) is 18.2. The van der Waals surface area contributed by atoms with Gasteiger partial charge in [0.1, 0.15) is 11.0 Å². The molecule has 2 aromatic heterocycles. The molecular weight excluding hydrogens is 459 g/mol. The van der Waals surface area contributed by atoms with Gasteiger partial charge in [0, 0.05) is 36.4 Å². The van der Waals surface area contributed by atoms with Crippen molar-refractivity contribution < 1.29 is 21.6 Å². The maximum atomic E-state index is 13.8. The van der Waals surface area contributed by atoms with Crippen LogP contribution in [0.25, 0.3) is 10.9 Å². The zero-order chi connectivity index (χ0) is 22.7. The minimum absolute atomic E-state index is 0.0711. The van der Waals surface area contributed by atoms with Gasteiger partial charge in [0.2, 0.25) is 0 Å². The molecule has 10 heteroatoms. The average molecular weight is 478 g/mol. The number of alkyl halides is 3. The van der Waals surface area contributed by atoms with Crippen molar-refractivity contribution in [3.63, 3.8) is 0 Å². The van der Waals surface area contributed by atoms with Crippen LogP contribution in [0.2, 0.25) is 0 Å². The molecule has 2 atom stereocenters. The Morgan fingerprint density at radius 3 is 2.38 bits per heavy atom. The van der Waals surface area contributed by atoms with Gasteiger partial charge in [-0.05, 0) is 36.4 Å². The van der Waals surface area contributed by atoms with Crippen LogP contribution in [0.3, 0.4) is 0 Å². The molecule has 0 amide bonds. The van der Waals surface area contributed by atoms with E-state index < -0.39 is 33.7 Å². The van der Waals surface area contributed by atoms with Gasteiger partial charge >= 0.3 is 6.18 Å². The van der Waals surface area contributed by atoms with Crippen LogP contribution >= 0.6 is 0 Å². The fraction of sp³-hybridized carbons (Fsp3) is 0.136. The molecule has 166 valence electrons. The van der Waals surface area contributed by atoms with Crippen molar-refractivity contribution in [3.8, 4) is 0 Å². The number of hydrogen-bond donors (Lipinski definition) is 1. The molecule has 0 fully saturated rings. The normalized spacial score (nSPS) is 13.8. The summed E-state index contributed by atoms with van der Waals surface area (Å²) in [7, 11) is -3.77. The quantitative estimate of drug-likeness (QED) is 0.427. The lowest BCUT2D eigenvalue weighted by atomic mass is 10.1. The van der Waals surface area contributed by atoms with Crippen molar-refractivity contribution in [2.45, 2.75) is 22.4 Å². The van der Waals surface area contributed by atoms with Crippen molar-refractivity contribution in [1.29, 1.82) is 0 Å². The first-order valence-corrected chi connectivity index (χ1v) is 11.9.